The molecule has 1 aromatic heterocycles. The number of rotatable bonds is 1. The van der Waals surface area contributed by atoms with Crippen molar-refractivity contribution in [3.05, 3.63) is 31.1 Å². The highest BCUT2D eigenvalue weighted by molar-refractivity contribution is 14.1. The molecule has 0 spiro atoms. The van der Waals surface area contributed by atoms with Crippen molar-refractivity contribution < 1.29 is 14.6 Å². The number of ether oxygens (including phenoxy) is 2. The summed E-state index contributed by atoms with van der Waals surface area (Å²) in [4.78, 5) is 18.1. The van der Waals surface area contributed by atoms with Gasteiger partial charge in [0, 0.05) is 5.56 Å². The fourth-order valence-electron chi connectivity index (χ4n) is 1.69. The van der Waals surface area contributed by atoms with E-state index in [4.69, 9.17) is 21.1 Å². The lowest BCUT2D eigenvalue weighted by molar-refractivity contribution is 0.174. The third-order valence-electron chi connectivity index (χ3n) is 2.55. The molecule has 2 N–H and O–H groups in total. The lowest BCUT2D eigenvalue weighted by Crippen LogP contribution is -2.12. The van der Waals surface area contributed by atoms with Crippen LogP contribution in [0.1, 0.15) is 0 Å². The van der Waals surface area contributed by atoms with Gasteiger partial charge in [-0.05, 0) is 34.7 Å². The molecule has 0 aliphatic carbocycles. The summed E-state index contributed by atoms with van der Waals surface area (Å²) in [6, 6.07) is 3.22. The Kier molecular flexibility index (Phi) is 3.02. The zero-order valence-electron chi connectivity index (χ0n) is 9.24. The van der Waals surface area contributed by atoms with Gasteiger partial charge in [-0.1, -0.05) is 11.6 Å². The molecule has 0 atom stereocenters. The number of hydrogen-bond donors (Lipinski definition) is 2. The third kappa shape index (κ3) is 2.12. The van der Waals surface area contributed by atoms with Crippen LogP contribution >= 0.6 is 34.2 Å². The summed E-state index contributed by atoms with van der Waals surface area (Å²) in [5.41, 5.74) is 0.106. The zero-order valence-corrected chi connectivity index (χ0v) is 12.2. The molecule has 0 saturated carbocycles. The Bertz CT molecular complexity index is 731. The van der Waals surface area contributed by atoms with E-state index in [0.717, 1.165) is 0 Å². The van der Waals surface area contributed by atoms with Gasteiger partial charge in [0.25, 0.3) is 5.56 Å². The number of benzene rings is 1. The minimum Gasteiger partial charge on any atom is -0.492 e. The first-order valence-corrected chi connectivity index (χ1v) is 6.60. The summed E-state index contributed by atoms with van der Waals surface area (Å²) in [7, 11) is 0. The first-order chi connectivity index (χ1) is 9.06. The molecule has 1 aliphatic rings. The third-order valence-corrected chi connectivity index (χ3v) is 3.80. The number of halogens is 2. The number of aromatic amines is 1. The molecule has 8 heteroatoms. The molecular formula is C11H6ClIN2O4. The van der Waals surface area contributed by atoms with E-state index >= 15 is 0 Å². The summed E-state index contributed by atoms with van der Waals surface area (Å²) in [6.07, 6.45) is 0. The average Bonchev–Trinajstić information content (AvgIpc) is 2.84. The fourth-order valence-corrected chi connectivity index (χ4v) is 2.21. The Labute approximate surface area is 125 Å². The maximum absolute atomic E-state index is 11.6. The van der Waals surface area contributed by atoms with Gasteiger partial charge in [-0.2, -0.15) is 4.98 Å². The lowest BCUT2D eigenvalue weighted by atomic mass is 10.2. The van der Waals surface area contributed by atoms with E-state index in [1.165, 1.54) is 0 Å². The smallest absolute Gasteiger partial charge is 0.268 e. The molecular weight excluding hydrogens is 386 g/mol. The summed E-state index contributed by atoms with van der Waals surface area (Å²) >= 11 is 7.76. The van der Waals surface area contributed by atoms with Gasteiger partial charge in [0.2, 0.25) is 12.7 Å². The number of H-pyrrole nitrogens is 1. The monoisotopic (exact) mass is 392 g/mol. The molecule has 6 nitrogen and oxygen atoms in total. The Balaban J connectivity index is 2.18. The van der Waals surface area contributed by atoms with Gasteiger partial charge in [-0.3, -0.25) is 4.79 Å². The van der Waals surface area contributed by atoms with Crippen LogP contribution in [0.25, 0.3) is 11.4 Å². The van der Waals surface area contributed by atoms with E-state index in [1.54, 1.807) is 34.7 Å². The first kappa shape index (κ1) is 12.5. The van der Waals surface area contributed by atoms with E-state index in [9.17, 15) is 9.90 Å². The predicted molar refractivity (Wildman–Crippen MR) is 75.8 cm³/mol. The highest BCUT2D eigenvalue weighted by Crippen LogP contribution is 2.41. The number of nitrogens with one attached hydrogen (secondary N) is 1. The normalized spacial score (nSPS) is 12.7. The second-order valence-electron chi connectivity index (χ2n) is 3.74. The minimum absolute atomic E-state index is 0.0976. The van der Waals surface area contributed by atoms with Crippen molar-refractivity contribution in [1.29, 1.82) is 0 Å². The second-order valence-corrected chi connectivity index (χ2v) is 5.23. The van der Waals surface area contributed by atoms with E-state index in [1.807, 2.05) is 0 Å². The molecule has 98 valence electrons. The first-order valence-electron chi connectivity index (χ1n) is 5.14. The van der Waals surface area contributed by atoms with E-state index in [2.05, 4.69) is 9.97 Å². The molecule has 0 amide bonds. The molecule has 0 fully saturated rings. The minimum atomic E-state index is -0.420. The molecule has 0 radical (unpaired) electrons. The van der Waals surface area contributed by atoms with E-state index < -0.39 is 5.56 Å². The van der Waals surface area contributed by atoms with Gasteiger partial charge in [0.05, 0.1) is 5.02 Å². The van der Waals surface area contributed by atoms with Crippen molar-refractivity contribution in [2.24, 2.45) is 0 Å². The Morgan fingerprint density at radius 3 is 2.95 bits per heavy atom. The van der Waals surface area contributed by atoms with Crippen molar-refractivity contribution in [1.82, 2.24) is 9.97 Å². The average molecular weight is 393 g/mol. The highest BCUT2D eigenvalue weighted by Gasteiger charge is 2.20. The van der Waals surface area contributed by atoms with Crippen LogP contribution in [0.2, 0.25) is 5.02 Å². The fraction of sp³-hybridized carbons (Fsp3) is 0.0909. The van der Waals surface area contributed by atoms with E-state index in [-0.39, 0.29) is 22.1 Å². The van der Waals surface area contributed by atoms with Crippen LogP contribution in [-0.2, 0) is 0 Å². The lowest BCUT2D eigenvalue weighted by Gasteiger charge is -2.05. The van der Waals surface area contributed by atoms with Gasteiger partial charge in [-0.25, -0.2) is 0 Å². The van der Waals surface area contributed by atoms with Gasteiger partial charge >= 0.3 is 0 Å². The van der Waals surface area contributed by atoms with Crippen molar-refractivity contribution in [3.8, 4) is 28.8 Å². The topological polar surface area (TPSA) is 84.4 Å². The van der Waals surface area contributed by atoms with Crippen LogP contribution in [0.4, 0.5) is 0 Å². The van der Waals surface area contributed by atoms with Crippen LogP contribution in [0.5, 0.6) is 17.4 Å². The number of nitrogens with zero attached hydrogens (tertiary/aromatic N) is 1. The van der Waals surface area contributed by atoms with Crippen LogP contribution in [0, 0.1) is 3.57 Å². The molecule has 0 bridgehead atoms. The van der Waals surface area contributed by atoms with Gasteiger partial charge in [0.1, 0.15) is 9.39 Å². The van der Waals surface area contributed by atoms with Crippen molar-refractivity contribution in [2.45, 2.75) is 0 Å². The van der Waals surface area contributed by atoms with Gasteiger partial charge in [0.15, 0.2) is 11.5 Å². The number of fused-ring (bicyclic) bond motifs is 1. The Morgan fingerprint density at radius 1 is 1.42 bits per heavy atom. The summed E-state index contributed by atoms with van der Waals surface area (Å²) < 4.78 is 10.6. The molecule has 0 saturated heterocycles. The molecule has 19 heavy (non-hydrogen) atoms. The molecule has 1 aliphatic heterocycles. The number of aromatic hydroxyl groups is 1. The van der Waals surface area contributed by atoms with Crippen LogP contribution < -0.4 is 15.0 Å². The number of hydrogen-bond acceptors (Lipinski definition) is 5. The maximum Gasteiger partial charge on any atom is 0.268 e. The van der Waals surface area contributed by atoms with Crippen molar-refractivity contribution in [2.75, 3.05) is 6.79 Å². The van der Waals surface area contributed by atoms with Gasteiger partial charge in [-0.15, -0.1) is 0 Å². The Morgan fingerprint density at radius 2 is 2.21 bits per heavy atom. The maximum atomic E-state index is 11.6. The second kappa shape index (κ2) is 4.57. The van der Waals surface area contributed by atoms with Crippen LogP contribution in [0.15, 0.2) is 16.9 Å². The predicted octanol–water partition coefficient (Wildman–Crippen LogP) is 2.13. The molecule has 2 heterocycles. The summed E-state index contributed by atoms with van der Waals surface area (Å²) in [5.74, 6) is 0.821. The number of aromatic nitrogens is 2. The van der Waals surface area contributed by atoms with Crippen LogP contribution in [-0.4, -0.2) is 21.9 Å². The van der Waals surface area contributed by atoms with Crippen LogP contribution in [0.3, 0.4) is 0 Å². The van der Waals surface area contributed by atoms with E-state index in [0.29, 0.717) is 22.1 Å². The molecule has 0 unspecified atom stereocenters. The largest absolute Gasteiger partial charge is 0.492 e. The Hall–Kier alpha value is -1.48. The van der Waals surface area contributed by atoms with Gasteiger partial charge < -0.3 is 19.6 Å². The van der Waals surface area contributed by atoms with Crippen molar-refractivity contribution in [3.63, 3.8) is 0 Å². The highest BCUT2D eigenvalue weighted by atomic mass is 127. The quantitative estimate of drug-likeness (QED) is 0.727. The SMILES string of the molecule is O=c1[nH]c(-c2cc(Cl)c3c(c2)OCO3)nc(O)c1I. The summed E-state index contributed by atoms with van der Waals surface area (Å²) in [5, 5.41) is 9.93. The summed E-state index contributed by atoms with van der Waals surface area (Å²) in [6.45, 7) is 0.0976. The standard InChI is InChI=1S/C11H6ClIN2O4/c12-5-1-4(2-6-8(5)19-3-18-6)9-14-10(16)7(13)11(17)15-9/h1-2H,3H2,(H2,14,15,16,17). The molecule has 2 aromatic rings. The molecule has 1 aromatic carbocycles. The van der Waals surface area contributed by atoms with Crippen molar-refractivity contribution >= 4 is 34.2 Å². The molecule has 3 rings (SSSR count). The zero-order chi connectivity index (χ0) is 13.6.